The van der Waals surface area contributed by atoms with Gasteiger partial charge in [-0.05, 0) is 56.4 Å². The van der Waals surface area contributed by atoms with Crippen LogP contribution < -0.4 is 10.1 Å². The predicted octanol–water partition coefficient (Wildman–Crippen LogP) is 7.02. The van der Waals surface area contributed by atoms with Gasteiger partial charge in [-0.15, -0.1) is 0 Å². The number of pyridine rings is 1. The van der Waals surface area contributed by atoms with E-state index in [-0.39, 0.29) is 5.75 Å². The Kier molecular flexibility index (Phi) is 7.42. The minimum absolute atomic E-state index is 0.227. The molecule has 1 aromatic heterocycles. The van der Waals surface area contributed by atoms with Crippen molar-refractivity contribution in [1.29, 1.82) is 0 Å². The number of ether oxygens (including phenoxy) is 1. The highest BCUT2D eigenvalue weighted by molar-refractivity contribution is 5.93. The van der Waals surface area contributed by atoms with Gasteiger partial charge >= 0.3 is 6.18 Å². The van der Waals surface area contributed by atoms with Gasteiger partial charge < -0.3 is 10.1 Å². The van der Waals surface area contributed by atoms with Gasteiger partial charge in [0.25, 0.3) is 0 Å². The van der Waals surface area contributed by atoms with E-state index < -0.39 is 11.7 Å². The SMILES string of the molecule is Cc1cc(Nc2cc(OCCN3C[C@H]4C[C@@H]3CN4CC3CCCCC3)cc(C(F)(F)F)c2)c2ccccc2n1. The first-order chi connectivity index (χ1) is 18.8. The topological polar surface area (TPSA) is 40.6 Å². The smallest absolute Gasteiger partial charge is 0.416 e. The monoisotopic (exact) mass is 538 g/mol. The number of anilines is 2. The van der Waals surface area contributed by atoms with Gasteiger partial charge in [-0.3, -0.25) is 14.8 Å². The summed E-state index contributed by atoms with van der Waals surface area (Å²) in [7, 11) is 0. The zero-order valence-corrected chi connectivity index (χ0v) is 22.5. The molecule has 2 aromatic carbocycles. The van der Waals surface area contributed by atoms with E-state index in [4.69, 9.17) is 4.74 Å². The van der Waals surface area contributed by atoms with Crippen LogP contribution in [0.25, 0.3) is 10.9 Å². The molecule has 2 bridgehead atoms. The van der Waals surface area contributed by atoms with Crippen molar-refractivity contribution >= 4 is 22.3 Å². The Labute approximate surface area is 228 Å². The Morgan fingerprint density at radius 2 is 1.74 bits per heavy atom. The van der Waals surface area contributed by atoms with Gasteiger partial charge in [0, 0.05) is 66.8 Å². The molecule has 2 saturated heterocycles. The van der Waals surface area contributed by atoms with Gasteiger partial charge in [0.1, 0.15) is 12.4 Å². The molecule has 0 spiro atoms. The molecule has 1 aliphatic carbocycles. The van der Waals surface area contributed by atoms with Gasteiger partial charge in [-0.2, -0.15) is 13.2 Å². The van der Waals surface area contributed by atoms with Crippen molar-refractivity contribution in [2.75, 3.05) is 38.1 Å². The number of aromatic nitrogens is 1. The molecule has 8 heteroatoms. The second kappa shape index (κ2) is 11.0. The van der Waals surface area contributed by atoms with Crippen LogP contribution >= 0.6 is 0 Å². The van der Waals surface area contributed by atoms with Crippen LogP contribution in [0.4, 0.5) is 24.5 Å². The third-order valence-electron chi connectivity index (χ3n) is 8.69. The molecule has 3 aliphatic rings. The first-order valence-electron chi connectivity index (χ1n) is 14.3. The average Bonchev–Trinajstić information content (AvgIpc) is 3.49. The van der Waals surface area contributed by atoms with Crippen molar-refractivity contribution < 1.29 is 17.9 Å². The van der Waals surface area contributed by atoms with Crippen LogP contribution in [0.2, 0.25) is 0 Å². The summed E-state index contributed by atoms with van der Waals surface area (Å²) in [6, 6.07) is 14.5. The van der Waals surface area contributed by atoms with E-state index in [0.717, 1.165) is 54.3 Å². The van der Waals surface area contributed by atoms with Gasteiger partial charge in [0.05, 0.1) is 11.1 Å². The molecule has 3 heterocycles. The fraction of sp³-hybridized carbons (Fsp3) is 0.516. The van der Waals surface area contributed by atoms with E-state index in [2.05, 4.69) is 20.1 Å². The molecule has 1 N–H and O–H groups in total. The lowest BCUT2D eigenvalue weighted by atomic mass is 9.89. The number of rotatable bonds is 8. The highest BCUT2D eigenvalue weighted by Crippen LogP contribution is 2.37. The molecule has 2 atom stereocenters. The second-order valence-electron chi connectivity index (χ2n) is 11.5. The zero-order valence-electron chi connectivity index (χ0n) is 22.5. The molecule has 39 heavy (non-hydrogen) atoms. The van der Waals surface area contributed by atoms with Gasteiger partial charge in [0.2, 0.25) is 0 Å². The molecule has 0 unspecified atom stereocenters. The lowest BCUT2D eigenvalue weighted by Gasteiger charge is -2.36. The summed E-state index contributed by atoms with van der Waals surface area (Å²) in [4.78, 5) is 9.67. The largest absolute Gasteiger partial charge is 0.492 e. The van der Waals surface area contributed by atoms with Crippen molar-refractivity contribution in [3.8, 4) is 5.75 Å². The Balaban J connectivity index is 1.10. The number of piperazine rings is 1. The summed E-state index contributed by atoms with van der Waals surface area (Å²) in [5.41, 5.74) is 1.91. The maximum absolute atomic E-state index is 13.8. The first-order valence-corrected chi connectivity index (χ1v) is 14.3. The molecule has 3 fully saturated rings. The Hall–Kier alpha value is -2.84. The van der Waals surface area contributed by atoms with Crippen molar-refractivity contribution in [3.05, 3.63) is 59.8 Å². The quantitative estimate of drug-likeness (QED) is 0.334. The normalized spacial score (nSPS) is 22.6. The van der Waals surface area contributed by atoms with Gasteiger partial charge in [-0.25, -0.2) is 0 Å². The summed E-state index contributed by atoms with van der Waals surface area (Å²) in [5, 5.41) is 4.05. The third-order valence-corrected chi connectivity index (χ3v) is 8.69. The number of aryl methyl sites for hydroxylation is 1. The molecule has 5 nitrogen and oxygen atoms in total. The molecule has 3 aromatic rings. The minimum atomic E-state index is -4.47. The highest BCUT2D eigenvalue weighted by atomic mass is 19.4. The number of likely N-dealkylation sites (tertiary alicyclic amines) is 2. The number of hydrogen-bond donors (Lipinski definition) is 1. The standard InChI is InChI=1S/C31H37F3N4O/c1-21-13-30(28-9-5-6-10-29(28)35-21)36-24-14-23(31(32,33)34)15-27(16-24)39-12-11-37-19-26-17-25(37)20-38(26)18-22-7-3-2-4-8-22/h5-6,9-10,13-16,22,25-26H,2-4,7-8,11-12,17-20H2,1H3,(H,35,36)/t25-,26-/m1/s1. The maximum atomic E-state index is 13.8. The zero-order chi connectivity index (χ0) is 27.0. The lowest BCUT2D eigenvalue weighted by molar-refractivity contribution is -0.137. The molecule has 1 saturated carbocycles. The van der Waals surface area contributed by atoms with Crippen LogP contribution in [0, 0.1) is 12.8 Å². The molecular formula is C31H37F3N4O. The molecule has 208 valence electrons. The van der Waals surface area contributed by atoms with E-state index in [9.17, 15) is 13.2 Å². The lowest BCUT2D eigenvalue weighted by Crippen LogP contribution is -2.48. The van der Waals surface area contributed by atoms with E-state index in [0.29, 0.717) is 30.1 Å². The fourth-order valence-corrected chi connectivity index (χ4v) is 6.80. The molecule has 0 radical (unpaired) electrons. The second-order valence-corrected chi connectivity index (χ2v) is 11.5. The van der Waals surface area contributed by atoms with Crippen LogP contribution in [0.5, 0.6) is 5.75 Å². The molecule has 2 aliphatic heterocycles. The number of hydrogen-bond acceptors (Lipinski definition) is 5. The number of nitrogens with one attached hydrogen (secondary N) is 1. The molecule has 0 amide bonds. The van der Waals surface area contributed by atoms with Crippen molar-refractivity contribution in [1.82, 2.24) is 14.8 Å². The van der Waals surface area contributed by atoms with Crippen molar-refractivity contribution in [3.63, 3.8) is 0 Å². The highest BCUT2D eigenvalue weighted by Gasteiger charge is 2.43. The summed E-state index contributed by atoms with van der Waals surface area (Å²) in [5.74, 6) is 1.08. The predicted molar refractivity (Wildman–Crippen MR) is 149 cm³/mol. The van der Waals surface area contributed by atoms with E-state index in [1.54, 1.807) is 6.07 Å². The van der Waals surface area contributed by atoms with Crippen LogP contribution in [0.15, 0.2) is 48.5 Å². The summed E-state index contributed by atoms with van der Waals surface area (Å²) in [6.07, 6.45) is 3.61. The number of alkyl halides is 3. The Morgan fingerprint density at radius 3 is 2.51 bits per heavy atom. The molecular weight excluding hydrogens is 501 g/mol. The number of halogens is 3. The Morgan fingerprint density at radius 1 is 0.974 bits per heavy atom. The van der Waals surface area contributed by atoms with Gasteiger partial charge in [0.15, 0.2) is 0 Å². The van der Waals surface area contributed by atoms with Crippen LogP contribution in [0.3, 0.4) is 0 Å². The fourth-order valence-electron chi connectivity index (χ4n) is 6.80. The van der Waals surface area contributed by atoms with Crippen molar-refractivity contribution in [2.45, 2.75) is 63.7 Å². The van der Waals surface area contributed by atoms with E-state index >= 15 is 0 Å². The summed E-state index contributed by atoms with van der Waals surface area (Å²) >= 11 is 0. The Bertz CT molecular complexity index is 1310. The third kappa shape index (κ3) is 6.02. The van der Waals surface area contributed by atoms with Crippen LogP contribution in [0.1, 0.15) is 49.8 Å². The minimum Gasteiger partial charge on any atom is -0.492 e. The van der Waals surface area contributed by atoms with Gasteiger partial charge in [-0.1, -0.05) is 37.5 Å². The van der Waals surface area contributed by atoms with Crippen molar-refractivity contribution in [2.24, 2.45) is 5.92 Å². The first kappa shape index (κ1) is 26.4. The maximum Gasteiger partial charge on any atom is 0.416 e. The number of fused-ring (bicyclic) bond motifs is 3. The molecule has 6 rings (SSSR count). The number of para-hydroxylation sites is 1. The number of nitrogens with zero attached hydrogens (tertiary/aromatic N) is 3. The number of benzene rings is 2. The average molecular weight is 539 g/mol. The van der Waals surface area contributed by atoms with E-state index in [1.807, 2.05) is 37.3 Å². The van der Waals surface area contributed by atoms with Crippen LogP contribution in [-0.4, -0.2) is 59.7 Å². The summed E-state index contributed by atoms with van der Waals surface area (Å²) in [6.45, 7) is 6.34. The van der Waals surface area contributed by atoms with E-state index in [1.165, 1.54) is 45.1 Å². The van der Waals surface area contributed by atoms with Crippen LogP contribution in [-0.2, 0) is 6.18 Å². The summed E-state index contributed by atoms with van der Waals surface area (Å²) < 4.78 is 47.3.